The lowest BCUT2D eigenvalue weighted by atomic mass is 10.3. The molecule has 17 heavy (non-hydrogen) atoms. The highest BCUT2D eigenvalue weighted by molar-refractivity contribution is 7.98. The lowest BCUT2D eigenvalue weighted by molar-refractivity contribution is 0.373. The molecule has 2 N–H and O–H groups in total. The maximum atomic E-state index is 5.79. The van der Waals surface area contributed by atoms with Crippen molar-refractivity contribution in [3.8, 4) is 0 Å². The van der Waals surface area contributed by atoms with Gasteiger partial charge in [-0.1, -0.05) is 23.8 Å². The average molecular weight is 250 g/mol. The third-order valence-corrected chi connectivity index (χ3v) is 3.13. The highest BCUT2D eigenvalue weighted by Crippen LogP contribution is 2.24. The molecule has 0 unspecified atom stereocenters. The normalized spacial score (nSPS) is 10.6. The van der Waals surface area contributed by atoms with E-state index in [9.17, 15) is 0 Å². The number of hydrogen-bond donors (Lipinski definition) is 1. The topological polar surface area (TPSA) is 77.8 Å². The number of pyridine rings is 1. The van der Waals surface area contributed by atoms with E-state index in [2.05, 4.69) is 22.0 Å². The van der Waals surface area contributed by atoms with Gasteiger partial charge in [-0.05, 0) is 18.6 Å². The zero-order valence-corrected chi connectivity index (χ0v) is 10.4. The van der Waals surface area contributed by atoms with Gasteiger partial charge in [-0.2, -0.15) is 4.98 Å². The molecule has 0 aliphatic rings. The van der Waals surface area contributed by atoms with Crippen LogP contribution in [0.25, 0.3) is 0 Å². The molecule has 0 aliphatic heterocycles. The Bertz CT molecular complexity index is 486. The van der Waals surface area contributed by atoms with Gasteiger partial charge < -0.3 is 10.3 Å². The van der Waals surface area contributed by atoms with E-state index >= 15 is 0 Å². The number of rotatable bonds is 5. The Kier molecular flexibility index (Phi) is 3.98. The minimum Gasteiger partial charge on any atom is -0.397 e. The number of hydrogen-bond acceptors (Lipinski definition) is 6. The van der Waals surface area contributed by atoms with Crippen molar-refractivity contribution in [2.75, 3.05) is 5.73 Å². The summed E-state index contributed by atoms with van der Waals surface area (Å²) in [7, 11) is 0. The number of nitrogen functional groups attached to an aromatic ring is 1. The first-order valence-electron chi connectivity index (χ1n) is 5.44. The zero-order chi connectivity index (χ0) is 12.1. The Balaban J connectivity index is 1.95. The third-order valence-electron chi connectivity index (χ3n) is 2.11. The molecule has 5 nitrogen and oxygen atoms in total. The van der Waals surface area contributed by atoms with E-state index in [1.165, 1.54) is 11.8 Å². The molecule has 90 valence electrons. The van der Waals surface area contributed by atoms with Gasteiger partial charge in [0, 0.05) is 12.6 Å². The van der Waals surface area contributed by atoms with Gasteiger partial charge in [0.1, 0.15) is 5.03 Å². The first kappa shape index (κ1) is 11.9. The average Bonchev–Trinajstić information content (AvgIpc) is 2.76. The summed E-state index contributed by atoms with van der Waals surface area (Å²) in [5, 5.41) is 4.70. The molecule has 2 heterocycles. The van der Waals surface area contributed by atoms with Gasteiger partial charge in [-0.3, -0.25) is 0 Å². The summed E-state index contributed by atoms with van der Waals surface area (Å²) in [5.74, 6) is 2.00. The van der Waals surface area contributed by atoms with Crippen LogP contribution in [0.2, 0.25) is 0 Å². The lowest BCUT2D eigenvalue weighted by Crippen LogP contribution is -1.92. The Morgan fingerprint density at radius 3 is 3.12 bits per heavy atom. The van der Waals surface area contributed by atoms with Crippen LogP contribution in [-0.2, 0) is 12.2 Å². The van der Waals surface area contributed by atoms with Crippen LogP contribution in [0.5, 0.6) is 0 Å². The first-order valence-corrected chi connectivity index (χ1v) is 6.43. The molecule has 0 radical (unpaired) electrons. The predicted molar refractivity (Wildman–Crippen MR) is 66.5 cm³/mol. The first-order chi connectivity index (χ1) is 8.29. The van der Waals surface area contributed by atoms with Crippen molar-refractivity contribution in [1.82, 2.24) is 15.1 Å². The molecule has 0 spiro atoms. The van der Waals surface area contributed by atoms with E-state index in [1.807, 2.05) is 12.1 Å². The molecule has 0 fully saturated rings. The van der Waals surface area contributed by atoms with Crippen molar-refractivity contribution >= 4 is 17.4 Å². The quantitative estimate of drug-likeness (QED) is 0.820. The van der Waals surface area contributed by atoms with Gasteiger partial charge in [0.2, 0.25) is 5.89 Å². The second kappa shape index (κ2) is 5.67. The summed E-state index contributed by atoms with van der Waals surface area (Å²) in [6.07, 6.45) is 3.54. The molecule has 2 aromatic heterocycles. The predicted octanol–water partition coefficient (Wildman–Crippen LogP) is 2.29. The number of thioether (sulfide) groups is 1. The fraction of sp³-hybridized carbons (Fsp3) is 0.364. The Labute approximate surface area is 104 Å². The number of nitrogens with two attached hydrogens (primary N) is 1. The van der Waals surface area contributed by atoms with Crippen LogP contribution >= 0.6 is 11.8 Å². The summed E-state index contributed by atoms with van der Waals surface area (Å²) in [6.45, 7) is 2.08. The van der Waals surface area contributed by atoms with Gasteiger partial charge in [0.05, 0.1) is 11.4 Å². The highest BCUT2D eigenvalue weighted by atomic mass is 32.2. The van der Waals surface area contributed by atoms with Gasteiger partial charge >= 0.3 is 0 Å². The van der Waals surface area contributed by atoms with Crippen molar-refractivity contribution in [3.63, 3.8) is 0 Å². The lowest BCUT2D eigenvalue weighted by Gasteiger charge is -2.00. The summed E-state index contributed by atoms with van der Waals surface area (Å²) in [5.41, 5.74) is 6.47. The van der Waals surface area contributed by atoms with E-state index in [-0.39, 0.29) is 0 Å². The molecule has 0 atom stereocenters. The summed E-state index contributed by atoms with van der Waals surface area (Å²) in [4.78, 5) is 8.47. The van der Waals surface area contributed by atoms with Crippen LogP contribution in [0.4, 0.5) is 5.69 Å². The molecular weight excluding hydrogens is 236 g/mol. The number of aromatic nitrogens is 3. The van der Waals surface area contributed by atoms with Crippen LogP contribution in [0.15, 0.2) is 27.9 Å². The van der Waals surface area contributed by atoms with E-state index < -0.39 is 0 Å². The molecule has 0 amide bonds. The molecule has 6 heteroatoms. The van der Waals surface area contributed by atoms with Gasteiger partial charge in [0.15, 0.2) is 5.82 Å². The summed E-state index contributed by atoms with van der Waals surface area (Å²) in [6, 6.07) is 3.64. The second-order valence-corrected chi connectivity index (χ2v) is 4.50. The monoisotopic (exact) mass is 250 g/mol. The molecule has 2 rings (SSSR count). The van der Waals surface area contributed by atoms with Gasteiger partial charge in [0.25, 0.3) is 0 Å². The maximum absolute atomic E-state index is 5.79. The van der Waals surface area contributed by atoms with Crippen LogP contribution in [-0.4, -0.2) is 15.1 Å². The van der Waals surface area contributed by atoms with Crippen LogP contribution < -0.4 is 5.73 Å². The smallest absolute Gasteiger partial charge is 0.226 e. The Morgan fingerprint density at radius 1 is 1.47 bits per heavy atom. The molecule has 0 saturated carbocycles. The van der Waals surface area contributed by atoms with Crippen LogP contribution in [0.3, 0.4) is 0 Å². The zero-order valence-electron chi connectivity index (χ0n) is 9.59. The van der Waals surface area contributed by atoms with E-state index in [0.29, 0.717) is 23.2 Å². The van der Waals surface area contributed by atoms with Crippen molar-refractivity contribution in [1.29, 1.82) is 0 Å². The Morgan fingerprint density at radius 2 is 2.35 bits per heavy atom. The van der Waals surface area contributed by atoms with Gasteiger partial charge in [-0.15, -0.1) is 0 Å². The summed E-state index contributed by atoms with van der Waals surface area (Å²) >= 11 is 1.51. The van der Waals surface area contributed by atoms with Crippen molar-refractivity contribution in [3.05, 3.63) is 30.0 Å². The SMILES string of the molecule is CCCc1nc(CSc2ncccc2N)no1. The fourth-order valence-electron chi connectivity index (χ4n) is 1.32. The summed E-state index contributed by atoms with van der Waals surface area (Å²) < 4.78 is 5.10. The minimum atomic E-state index is 0.619. The molecule has 0 aliphatic carbocycles. The Hall–Kier alpha value is -1.56. The number of nitrogens with zero attached hydrogens (tertiary/aromatic N) is 3. The number of anilines is 1. The van der Waals surface area contributed by atoms with Gasteiger partial charge in [-0.25, -0.2) is 4.98 Å². The molecule has 0 saturated heterocycles. The third kappa shape index (κ3) is 3.20. The minimum absolute atomic E-state index is 0.619. The van der Waals surface area contributed by atoms with Crippen molar-refractivity contribution in [2.24, 2.45) is 0 Å². The number of aryl methyl sites for hydroxylation is 1. The van der Waals surface area contributed by atoms with E-state index in [1.54, 1.807) is 6.20 Å². The van der Waals surface area contributed by atoms with Crippen molar-refractivity contribution in [2.45, 2.75) is 30.5 Å². The fourth-order valence-corrected chi connectivity index (χ4v) is 2.07. The van der Waals surface area contributed by atoms with E-state index in [0.717, 1.165) is 17.9 Å². The molecule has 2 aromatic rings. The highest BCUT2D eigenvalue weighted by Gasteiger charge is 2.07. The maximum Gasteiger partial charge on any atom is 0.226 e. The van der Waals surface area contributed by atoms with E-state index in [4.69, 9.17) is 10.3 Å². The molecule has 0 bridgehead atoms. The van der Waals surface area contributed by atoms with Crippen molar-refractivity contribution < 1.29 is 4.52 Å². The van der Waals surface area contributed by atoms with Crippen LogP contribution in [0.1, 0.15) is 25.1 Å². The molecular formula is C11H14N4OS. The second-order valence-electron chi connectivity index (χ2n) is 3.54. The largest absolute Gasteiger partial charge is 0.397 e. The standard InChI is InChI=1S/C11H14N4OS/c1-2-4-10-14-9(15-16-10)7-17-11-8(12)5-3-6-13-11/h3,5-6H,2,4,7,12H2,1H3. The molecule has 0 aromatic carbocycles. The van der Waals surface area contributed by atoms with Crippen LogP contribution in [0, 0.1) is 0 Å².